The highest BCUT2D eigenvalue weighted by Gasteiger charge is 2.19. The van der Waals surface area contributed by atoms with Crippen molar-refractivity contribution in [2.45, 2.75) is 13.8 Å². The maximum Gasteiger partial charge on any atom is 0.326 e. The Bertz CT molecular complexity index is 816. The van der Waals surface area contributed by atoms with Gasteiger partial charge in [0.25, 0.3) is 5.56 Å². The number of aromatic amines is 2. The van der Waals surface area contributed by atoms with Crippen LogP contribution in [0.5, 0.6) is 0 Å². The number of hydrogen-bond donors (Lipinski definition) is 2. The summed E-state index contributed by atoms with van der Waals surface area (Å²) >= 11 is 0. The molecule has 6 heteroatoms. The van der Waals surface area contributed by atoms with Crippen LogP contribution in [0.15, 0.2) is 46.2 Å². The molecule has 0 atom stereocenters. The number of H-pyrrole nitrogens is 2. The van der Waals surface area contributed by atoms with Crippen molar-refractivity contribution in [1.82, 2.24) is 9.97 Å². The van der Waals surface area contributed by atoms with E-state index in [4.69, 9.17) is 4.74 Å². The number of allylic oxidation sites excluding steroid dienone is 1. The molecule has 0 fully saturated rings. The summed E-state index contributed by atoms with van der Waals surface area (Å²) in [4.78, 5) is 40.7. The predicted molar refractivity (Wildman–Crippen MR) is 82.8 cm³/mol. The van der Waals surface area contributed by atoms with E-state index in [-0.39, 0.29) is 11.3 Å². The summed E-state index contributed by atoms with van der Waals surface area (Å²) in [5.41, 5.74) is -0.461. The number of ether oxygens (including phenoxy) is 1. The lowest BCUT2D eigenvalue weighted by Gasteiger charge is -2.08. The molecule has 1 heterocycles. The molecule has 0 unspecified atom stereocenters. The predicted octanol–water partition coefficient (Wildman–Crippen LogP) is 1.69. The second kappa shape index (κ2) is 6.71. The Morgan fingerprint density at radius 1 is 1.18 bits per heavy atom. The lowest BCUT2D eigenvalue weighted by atomic mass is 10.0. The largest absolute Gasteiger partial charge is 0.501 e. The summed E-state index contributed by atoms with van der Waals surface area (Å²) in [5.74, 6) is -0.428. The van der Waals surface area contributed by atoms with E-state index in [2.05, 4.69) is 9.97 Å². The summed E-state index contributed by atoms with van der Waals surface area (Å²) in [5, 5.41) is 0. The van der Waals surface area contributed by atoms with E-state index in [9.17, 15) is 14.4 Å². The minimum Gasteiger partial charge on any atom is -0.501 e. The van der Waals surface area contributed by atoms with Crippen molar-refractivity contribution < 1.29 is 9.53 Å². The third-order valence-corrected chi connectivity index (χ3v) is 3.03. The summed E-state index contributed by atoms with van der Waals surface area (Å²) in [6, 6.07) is 8.43. The van der Waals surface area contributed by atoms with E-state index in [1.807, 2.05) is 0 Å². The first-order valence-electron chi connectivity index (χ1n) is 6.79. The molecule has 1 aromatic heterocycles. The number of hydrogen-bond acceptors (Lipinski definition) is 4. The van der Waals surface area contributed by atoms with Crippen molar-refractivity contribution in [1.29, 1.82) is 0 Å². The minimum atomic E-state index is -0.725. The Morgan fingerprint density at radius 3 is 2.50 bits per heavy atom. The van der Waals surface area contributed by atoms with Gasteiger partial charge in [0.1, 0.15) is 5.69 Å². The Morgan fingerprint density at radius 2 is 1.86 bits per heavy atom. The fourth-order valence-electron chi connectivity index (χ4n) is 2.03. The van der Waals surface area contributed by atoms with Crippen LogP contribution < -0.4 is 11.2 Å². The average Bonchev–Trinajstić information content (AvgIpc) is 2.52. The van der Waals surface area contributed by atoms with Gasteiger partial charge in [-0.25, -0.2) is 4.79 Å². The summed E-state index contributed by atoms with van der Waals surface area (Å²) in [7, 11) is 0. The zero-order chi connectivity index (χ0) is 16.1. The molecule has 22 heavy (non-hydrogen) atoms. The molecule has 0 saturated heterocycles. The first-order valence-corrected chi connectivity index (χ1v) is 6.79. The topological polar surface area (TPSA) is 92.0 Å². The van der Waals surface area contributed by atoms with Gasteiger partial charge in [-0.1, -0.05) is 30.3 Å². The molecule has 2 rings (SSSR count). The van der Waals surface area contributed by atoms with Crippen molar-refractivity contribution in [3.63, 3.8) is 0 Å². The number of ketones is 1. The highest BCUT2D eigenvalue weighted by Crippen LogP contribution is 2.15. The molecule has 2 aromatic rings. The molecule has 0 aliphatic heterocycles. The highest BCUT2D eigenvalue weighted by molar-refractivity contribution is 6.10. The third kappa shape index (κ3) is 3.22. The Kier molecular flexibility index (Phi) is 4.73. The van der Waals surface area contributed by atoms with E-state index in [0.29, 0.717) is 17.7 Å². The van der Waals surface area contributed by atoms with Crippen LogP contribution in [0.3, 0.4) is 0 Å². The van der Waals surface area contributed by atoms with Crippen LogP contribution >= 0.6 is 0 Å². The Balaban J connectivity index is 2.63. The van der Waals surface area contributed by atoms with Crippen molar-refractivity contribution >= 4 is 11.4 Å². The second-order valence-corrected chi connectivity index (χ2v) is 4.61. The molecule has 0 aliphatic carbocycles. The first kappa shape index (κ1) is 15.5. The van der Waals surface area contributed by atoms with Crippen LogP contribution in [-0.2, 0) is 4.74 Å². The van der Waals surface area contributed by atoms with Gasteiger partial charge in [-0.2, -0.15) is 0 Å². The van der Waals surface area contributed by atoms with Crippen LogP contribution in [0.4, 0.5) is 0 Å². The molecule has 0 radical (unpaired) electrons. The fourth-order valence-corrected chi connectivity index (χ4v) is 2.03. The van der Waals surface area contributed by atoms with Crippen LogP contribution in [0.1, 0.15) is 35.5 Å². The molecule has 0 saturated carbocycles. The molecule has 114 valence electrons. The molecule has 1 aromatic carbocycles. The SMILES string of the molecule is CCO/C=C(\C)c1c(C(=O)c2ccccc2)[nH]c(=O)[nH]c1=O. The van der Waals surface area contributed by atoms with E-state index in [0.717, 1.165) is 0 Å². The van der Waals surface area contributed by atoms with Gasteiger partial charge in [0, 0.05) is 5.56 Å². The van der Waals surface area contributed by atoms with Gasteiger partial charge in [0.2, 0.25) is 5.78 Å². The normalized spacial score (nSPS) is 11.3. The van der Waals surface area contributed by atoms with Gasteiger partial charge in [0.05, 0.1) is 18.4 Å². The molecule has 0 spiro atoms. The standard InChI is InChI=1S/C16H16N2O4/c1-3-22-9-10(2)12-13(17-16(21)18-15(12)20)14(19)11-7-5-4-6-8-11/h4-9H,3H2,1-2H3,(H2,17,18,20,21)/b10-9+. The molecule has 0 aliphatic rings. The highest BCUT2D eigenvalue weighted by atomic mass is 16.5. The van der Waals surface area contributed by atoms with Gasteiger partial charge < -0.3 is 9.72 Å². The zero-order valence-electron chi connectivity index (χ0n) is 12.3. The van der Waals surface area contributed by atoms with Crippen molar-refractivity contribution in [3.05, 3.63) is 74.3 Å². The first-order chi connectivity index (χ1) is 10.5. The third-order valence-electron chi connectivity index (χ3n) is 3.03. The zero-order valence-corrected chi connectivity index (χ0v) is 12.3. The monoisotopic (exact) mass is 300 g/mol. The van der Waals surface area contributed by atoms with Gasteiger partial charge in [-0.3, -0.25) is 14.6 Å². The lowest BCUT2D eigenvalue weighted by Crippen LogP contribution is -2.29. The van der Waals surface area contributed by atoms with Gasteiger partial charge in [-0.05, 0) is 19.4 Å². The van der Waals surface area contributed by atoms with Gasteiger partial charge in [-0.15, -0.1) is 0 Å². The summed E-state index contributed by atoms with van der Waals surface area (Å²) in [6.07, 6.45) is 1.39. The number of rotatable bonds is 5. The molecule has 2 N–H and O–H groups in total. The van der Waals surface area contributed by atoms with Crippen molar-refractivity contribution in [2.75, 3.05) is 6.61 Å². The van der Waals surface area contributed by atoms with Crippen molar-refractivity contribution in [2.24, 2.45) is 0 Å². The molecular weight excluding hydrogens is 284 g/mol. The lowest BCUT2D eigenvalue weighted by molar-refractivity contribution is 0.103. The number of aromatic nitrogens is 2. The average molecular weight is 300 g/mol. The summed E-state index contributed by atoms with van der Waals surface area (Å²) in [6.45, 7) is 3.87. The smallest absolute Gasteiger partial charge is 0.326 e. The summed E-state index contributed by atoms with van der Waals surface area (Å²) < 4.78 is 5.16. The van der Waals surface area contributed by atoms with Crippen LogP contribution in [0.25, 0.3) is 5.57 Å². The molecular formula is C16H16N2O4. The maximum atomic E-state index is 12.6. The number of benzene rings is 1. The number of carbonyl (C=O) groups excluding carboxylic acids is 1. The van der Waals surface area contributed by atoms with Crippen molar-refractivity contribution in [3.8, 4) is 0 Å². The van der Waals surface area contributed by atoms with E-state index < -0.39 is 17.0 Å². The van der Waals surface area contributed by atoms with E-state index in [1.165, 1.54) is 6.26 Å². The number of nitrogens with one attached hydrogen (secondary N) is 2. The van der Waals surface area contributed by atoms with Gasteiger partial charge >= 0.3 is 5.69 Å². The maximum absolute atomic E-state index is 12.6. The van der Waals surface area contributed by atoms with E-state index >= 15 is 0 Å². The van der Waals surface area contributed by atoms with E-state index in [1.54, 1.807) is 44.2 Å². The van der Waals surface area contributed by atoms with Crippen LogP contribution in [-0.4, -0.2) is 22.4 Å². The van der Waals surface area contributed by atoms with Crippen LogP contribution in [0.2, 0.25) is 0 Å². The molecule has 0 bridgehead atoms. The fraction of sp³-hybridized carbons (Fsp3) is 0.188. The number of carbonyl (C=O) groups is 1. The Hall–Kier alpha value is -2.89. The quantitative estimate of drug-likeness (QED) is 0.649. The molecule has 6 nitrogen and oxygen atoms in total. The van der Waals surface area contributed by atoms with Gasteiger partial charge in [0.15, 0.2) is 0 Å². The second-order valence-electron chi connectivity index (χ2n) is 4.61. The Labute approximate surface area is 126 Å². The minimum absolute atomic E-state index is 0.0478. The molecule has 0 amide bonds. The van der Waals surface area contributed by atoms with Crippen LogP contribution in [0, 0.1) is 0 Å².